The average molecular weight is 607 g/mol. The van der Waals surface area contributed by atoms with Gasteiger partial charge < -0.3 is 4.90 Å². The molecule has 0 unspecified atom stereocenters. The van der Waals surface area contributed by atoms with Crippen LogP contribution in [0.3, 0.4) is 0 Å². The minimum atomic E-state index is -5.37. The highest BCUT2D eigenvalue weighted by Crippen LogP contribution is 2.40. The number of hydrogen-bond acceptors (Lipinski definition) is 5. The first-order chi connectivity index (χ1) is 18.6. The summed E-state index contributed by atoms with van der Waals surface area (Å²) in [5.41, 5.74) is -2.85. The Balaban J connectivity index is 1.59. The van der Waals surface area contributed by atoms with Gasteiger partial charge in [0.2, 0.25) is 19.9 Å². The molecule has 40 heavy (non-hydrogen) atoms. The van der Waals surface area contributed by atoms with Crippen LogP contribution in [0.5, 0.6) is 0 Å². The standard InChI is InChI=1S/C25H20F6N2O5S2/c26-15-13-18(27)22(19(28)14-15)24(34)33-11-9-16(10-12-33)32-40(37,38)21-8-4-7-20(23(21)25(29,30)31)39(35,36)17-5-2-1-3-6-17/h1-8,13-14,16,32H,9-12H2. The fraction of sp³-hybridized carbons (Fsp3) is 0.240. The van der Waals surface area contributed by atoms with E-state index in [1.807, 2.05) is 0 Å². The first kappa shape index (κ1) is 29.6. The molecule has 1 aliphatic rings. The molecule has 0 atom stereocenters. The molecule has 7 nitrogen and oxygen atoms in total. The van der Waals surface area contributed by atoms with Gasteiger partial charge in [0, 0.05) is 31.3 Å². The molecule has 1 saturated heterocycles. The van der Waals surface area contributed by atoms with Gasteiger partial charge in [0.25, 0.3) is 5.91 Å². The number of likely N-dealkylation sites (tertiary alicyclic amines) is 1. The number of benzene rings is 3. The maximum Gasteiger partial charge on any atom is 0.419 e. The van der Waals surface area contributed by atoms with Crippen molar-refractivity contribution in [2.24, 2.45) is 0 Å². The first-order valence-corrected chi connectivity index (χ1v) is 14.6. The van der Waals surface area contributed by atoms with Crippen LogP contribution in [0.2, 0.25) is 0 Å². The highest BCUT2D eigenvalue weighted by atomic mass is 32.2. The SMILES string of the molecule is O=C(c1c(F)cc(F)cc1F)N1CCC(NS(=O)(=O)c2cccc(S(=O)(=O)c3ccccc3)c2C(F)(F)F)CC1. The van der Waals surface area contributed by atoms with Gasteiger partial charge in [-0.15, -0.1) is 0 Å². The smallest absolute Gasteiger partial charge is 0.338 e. The largest absolute Gasteiger partial charge is 0.419 e. The van der Waals surface area contributed by atoms with Crippen molar-refractivity contribution in [2.75, 3.05) is 13.1 Å². The molecule has 1 aliphatic heterocycles. The molecule has 15 heteroatoms. The van der Waals surface area contributed by atoms with Crippen LogP contribution in [0.25, 0.3) is 0 Å². The lowest BCUT2D eigenvalue weighted by atomic mass is 10.0. The van der Waals surface area contributed by atoms with Crippen LogP contribution in [-0.2, 0) is 26.0 Å². The van der Waals surface area contributed by atoms with E-state index in [9.17, 15) is 48.0 Å². The van der Waals surface area contributed by atoms with Gasteiger partial charge in [0.1, 0.15) is 23.0 Å². The minimum absolute atomic E-state index is 0.140. The second-order valence-electron chi connectivity index (χ2n) is 8.88. The Bertz CT molecular complexity index is 1630. The lowest BCUT2D eigenvalue weighted by molar-refractivity contribution is -0.142. The van der Waals surface area contributed by atoms with Crippen molar-refractivity contribution in [3.8, 4) is 0 Å². The predicted molar refractivity (Wildman–Crippen MR) is 129 cm³/mol. The maximum atomic E-state index is 14.2. The molecule has 0 aliphatic carbocycles. The molecular formula is C25H20F6N2O5S2. The van der Waals surface area contributed by atoms with E-state index in [0.717, 1.165) is 23.1 Å². The molecular weight excluding hydrogens is 586 g/mol. The van der Waals surface area contributed by atoms with Crippen molar-refractivity contribution >= 4 is 25.8 Å². The van der Waals surface area contributed by atoms with Gasteiger partial charge in [-0.1, -0.05) is 24.3 Å². The van der Waals surface area contributed by atoms with Crippen molar-refractivity contribution in [3.05, 3.63) is 89.2 Å². The Morgan fingerprint density at radius 2 is 1.38 bits per heavy atom. The molecule has 1 fully saturated rings. The third kappa shape index (κ3) is 5.86. The highest BCUT2D eigenvalue weighted by molar-refractivity contribution is 7.92. The zero-order valence-electron chi connectivity index (χ0n) is 20.3. The molecule has 0 spiro atoms. The van der Waals surface area contributed by atoms with E-state index < -0.39 is 81.3 Å². The molecule has 0 radical (unpaired) electrons. The van der Waals surface area contributed by atoms with Gasteiger partial charge in [-0.3, -0.25) is 4.79 Å². The number of nitrogens with zero attached hydrogens (tertiary/aromatic N) is 1. The summed E-state index contributed by atoms with van der Waals surface area (Å²) in [6.45, 7) is -0.451. The third-order valence-corrected chi connectivity index (χ3v) is 9.60. The van der Waals surface area contributed by atoms with Crippen LogP contribution >= 0.6 is 0 Å². The third-order valence-electron chi connectivity index (χ3n) is 6.23. The van der Waals surface area contributed by atoms with Crippen molar-refractivity contribution in [3.63, 3.8) is 0 Å². The number of nitrogens with one attached hydrogen (secondary N) is 1. The number of carbonyl (C=O) groups excluding carboxylic acids is 1. The van der Waals surface area contributed by atoms with Gasteiger partial charge in [-0.2, -0.15) is 13.2 Å². The Morgan fingerprint density at radius 1 is 0.825 bits per heavy atom. The molecule has 1 amide bonds. The van der Waals surface area contributed by atoms with Gasteiger partial charge in [-0.05, 0) is 37.1 Å². The van der Waals surface area contributed by atoms with Crippen LogP contribution in [0.15, 0.2) is 75.4 Å². The number of hydrogen-bond donors (Lipinski definition) is 1. The second-order valence-corrected chi connectivity index (χ2v) is 12.5. The van der Waals surface area contributed by atoms with Gasteiger partial charge in [0.05, 0.1) is 20.2 Å². The summed E-state index contributed by atoms with van der Waals surface area (Å²) in [5.74, 6) is -5.17. The van der Waals surface area contributed by atoms with E-state index in [2.05, 4.69) is 4.72 Å². The summed E-state index contributed by atoms with van der Waals surface area (Å²) >= 11 is 0. The van der Waals surface area contributed by atoms with Crippen molar-refractivity contribution < 1.29 is 48.0 Å². The lowest BCUT2D eigenvalue weighted by Gasteiger charge is -2.32. The molecule has 1 heterocycles. The van der Waals surface area contributed by atoms with E-state index in [1.165, 1.54) is 18.2 Å². The number of sulfone groups is 1. The average Bonchev–Trinajstić information content (AvgIpc) is 2.88. The molecule has 3 aromatic carbocycles. The number of alkyl halides is 3. The van der Waals surface area contributed by atoms with Gasteiger partial charge in [0.15, 0.2) is 0 Å². The lowest BCUT2D eigenvalue weighted by Crippen LogP contribution is -2.47. The topological polar surface area (TPSA) is 101 Å². The fourth-order valence-corrected chi connectivity index (χ4v) is 7.49. The molecule has 1 N–H and O–H groups in total. The first-order valence-electron chi connectivity index (χ1n) is 11.6. The summed E-state index contributed by atoms with van der Waals surface area (Å²) < 4.78 is 138. The zero-order valence-corrected chi connectivity index (χ0v) is 21.9. The summed E-state index contributed by atoms with van der Waals surface area (Å²) in [6, 6.07) is 8.08. The summed E-state index contributed by atoms with van der Waals surface area (Å²) in [6.07, 6.45) is -5.65. The quantitative estimate of drug-likeness (QED) is 0.416. The maximum absolute atomic E-state index is 14.2. The summed E-state index contributed by atoms with van der Waals surface area (Å²) in [4.78, 5) is 10.6. The van der Waals surface area contributed by atoms with Gasteiger partial charge in [-0.25, -0.2) is 34.7 Å². The number of rotatable bonds is 6. The molecule has 214 valence electrons. The van der Waals surface area contributed by atoms with E-state index >= 15 is 0 Å². The van der Waals surface area contributed by atoms with Crippen LogP contribution in [0.4, 0.5) is 26.3 Å². The second kappa shape index (κ2) is 10.9. The highest BCUT2D eigenvalue weighted by Gasteiger charge is 2.43. The normalized spacial score (nSPS) is 15.3. The van der Waals surface area contributed by atoms with Crippen LogP contribution in [-0.4, -0.2) is 46.8 Å². The van der Waals surface area contributed by atoms with E-state index in [4.69, 9.17) is 0 Å². The summed E-state index contributed by atoms with van der Waals surface area (Å²) in [7, 11) is -9.71. The summed E-state index contributed by atoms with van der Waals surface area (Å²) in [5, 5.41) is 0. The number of piperidine rings is 1. The Kier molecular flexibility index (Phi) is 8.02. The van der Waals surface area contributed by atoms with Crippen molar-refractivity contribution in [2.45, 2.75) is 39.7 Å². The van der Waals surface area contributed by atoms with Crippen LogP contribution in [0.1, 0.15) is 28.8 Å². The Morgan fingerprint density at radius 3 is 1.93 bits per heavy atom. The van der Waals surface area contributed by atoms with Crippen LogP contribution < -0.4 is 4.72 Å². The van der Waals surface area contributed by atoms with E-state index in [0.29, 0.717) is 24.3 Å². The molecule has 3 aromatic rings. The minimum Gasteiger partial charge on any atom is -0.338 e. The number of halogens is 6. The molecule has 4 rings (SSSR count). The zero-order chi connectivity index (χ0) is 29.5. The van der Waals surface area contributed by atoms with Crippen molar-refractivity contribution in [1.29, 1.82) is 0 Å². The van der Waals surface area contributed by atoms with Gasteiger partial charge >= 0.3 is 6.18 Å². The predicted octanol–water partition coefficient (Wildman–Crippen LogP) is 4.54. The van der Waals surface area contributed by atoms with E-state index in [-0.39, 0.29) is 25.9 Å². The number of sulfonamides is 1. The Labute approximate surface area is 225 Å². The number of carbonyl (C=O) groups is 1. The fourth-order valence-electron chi connectivity index (χ4n) is 4.35. The Hall–Kier alpha value is -3.43. The molecule has 0 aromatic heterocycles. The molecule has 0 bridgehead atoms. The monoisotopic (exact) mass is 606 g/mol. The number of amides is 1. The van der Waals surface area contributed by atoms with Crippen LogP contribution in [0, 0.1) is 17.5 Å². The van der Waals surface area contributed by atoms with E-state index in [1.54, 1.807) is 0 Å². The van der Waals surface area contributed by atoms with Crippen molar-refractivity contribution in [1.82, 2.24) is 9.62 Å². The molecule has 0 saturated carbocycles.